The number of rotatable bonds is 11. The molecule has 2 aromatic carbocycles. The van der Waals surface area contributed by atoms with Crippen molar-refractivity contribution in [2.75, 3.05) is 18.5 Å². The number of benzene rings is 2. The van der Waals surface area contributed by atoms with Crippen LogP contribution in [0.5, 0.6) is 5.75 Å². The molecule has 8 nitrogen and oxygen atoms in total. The van der Waals surface area contributed by atoms with Crippen molar-refractivity contribution in [3.63, 3.8) is 0 Å². The number of nitrogens with one attached hydrogen (secondary N) is 2. The maximum absolute atomic E-state index is 13.1. The summed E-state index contributed by atoms with van der Waals surface area (Å²) in [7, 11) is 0. The standard InChI is InChI=1S/C29H37N3O5/c1-6-8-17-36-24-14-12-21(13-15-24)27(33)30-23-11-9-10-22(18-23)26-25(28(34)37-19(3)4)20(5)32(16-7-2)29(35)31-26/h9-15,18-19,26H,6-8,16-17H2,1-5H3,(H,30,33)(H,31,35). The second-order valence-corrected chi connectivity index (χ2v) is 9.29. The Morgan fingerprint density at radius 1 is 1.08 bits per heavy atom. The average Bonchev–Trinajstić information content (AvgIpc) is 2.86. The van der Waals surface area contributed by atoms with E-state index in [-0.39, 0.29) is 18.0 Å². The molecule has 0 aliphatic carbocycles. The molecule has 3 amide bonds. The van der Waals surface area contributed by atoms with Crippen LogP contribution in [0.15, 0.2) is 59.8 Å². The van der Waals surface area contributed by atoms with Gasteiger partial charge in [-0.05, 0) is 75.6 Å². The van der Waals surface area contributed by atoms with Crippen molar-refractivity contribution in [3.8, 4) is 5.75 Å². The molecular weight excluding hydrogens is 470 g/mol. The normalized spacial score (nSPS) is 15.5. The largest absolute Gasteiger partial charge is 0.494 e. The van der Waals surface area contributed by atoms with Crippen molar-refractivity contribution in [1.82, 2.24) is 10.2 Å². The first-order valence-electron chi connectivity index (χ1n) is 12.9. The molecule has 1 heterocycles. The fourth-order valence-corrected chi connectivity index (χ4v) is 4.10. The molecule has 1 aliphatic heterocycles. The smallest absolute Gasteiger partial charge is 0.338 e. The van der Waals surface area contributed by atoms with Crippen molar-refractivity contribution < 1.29 is 23.9 Å². The Balaban J connectivity index is 1.83. The topological polar surface area (TPSA) is 97.0 Å². The van der Waals surface area contributed by atoms with Crippen LogP contribution in [0, 0.1) is 0 Å². The summed E-state index contributed by atoms with van der Waals surface area (Å²) in [5.74, 6) is -0.0281. The van der Waals surface area contributed by atoms with E-state index in [1.54, 1.807) is 68.1 Å². The fourth-order valence-electron chi connectivity index (χ4n) is 4.10. The summed E-state index contributed by atoms with van der Waals surface area (Å²) in [5, 5.41) is 5.85. The van der Waals surface area contributed by atoms with E-state index < -0.39 is 12.0 Å². The van der Waals surface area contributed by atoms with E-state index in [9.17, 15) is 14.4 Å². The van der Waals surface area contributed by atoms with E-state index in [0.29, 0.717) is 41.2 Å². The van der Waals surface area contributed by atoms with Gasteiger partial charge in [0.05, 0.1) is 24.3 Å². The van der Waals surface area contributed by atoms with Crippen molar-refractivity contribution in [3.05, 3.63) is 70.9 Å². The molecule has 0 bridgehead atoms. The zero-order valence-corrected chi connectivity index (χ0v) is 22.3. The summed E-state index contributed by atoms with van der Waals surface area (Å²) < 4.78 is 11.2. The van der Waals surface area contributed by atoms with Gasteiger partial charge >= 0.3 is 12.0 Å². The monoisotopic (exact) mass is 507 g/mol. The molecule has 1 unspecified atom stereocenters. The number of hydrogen-bond acceptors (Lipinski definition) is 5. The van der Waals surface area contributed by atoms with Crippen LogP contribution >= 0.6 is 0 Å². The first kappa shape index (κ1) is 27.8. The zero-order valence-electron chi connectivity index (χ0n) is 22.3. The van der Waals surface area contributed by atoms with E-state index in [1.807, 2.05) is 13.0 Å². The minimum atomic E-state index is -0.705. The first-order chi connectivity index (χ1) is 17.7. The van der Waals surface area contributed by atoms with E-state index >= 15 is 0 Å². The highest BCUT2D eigenvalue weighted by Crippen LogP contribution is 2.33. The molecule has 0 saturated carbocycles. The molecule has 1 atom stereocenters. The van der Waals surface area contributed by atoms with Gasteiger partial charge in [-0.3, -0.25) is 9.69 Å². The molecule has 2 N–H and O–H groups in total. The molecule has 0 fully saturated rings. The van der Waals surface area contributed by atoms with Gasteiger partial charge in [0.1, 0.15) is 5.75 Å². The van der Waals surface area contributed by atoms with Gasteiger partial charge in [0, 0.05) is 23.5 Å². The second kappa shape index (κ2) is 12.9. The van der Waals surface area contributed by atoms with Gasteiger partial charge in [0.15, 0.2) is 0 Å². The van der Waals surface area contributed by atoms with E-state index in [1.165, 1.54) is 0 Å². The molecule has 2 aromatic rings. The van der Waals surface area contributed by atoms with Crippen LogP contribution < -0.4 is 15.4 Å². The van der Waals surface area contributed by atoms with Crippen molar-refractivity contribution in [2.24, 2.45) is 0 Å². The predicted octanol–water partition coefficient (Wildman–Crippen LogP) is 5.82. The number of esters is 1. The van der Waals surface area contributed by atoms with Crippen LogP contribution in [0.4, 0.5) is 10.5 Å². The second-order valence-electron chi connectivity index (χ2n) is 9.29. The van der Waals surface area contributed by atoms with Crippen LogP contribution in [0.25, 0.3) is 0 Å². The molecule has 37 heavy (non-hydrogen) atoms. The SMILES string of the molecule is CCCCOc1ccc(C(=O)Nc2cccc(C3NC(=O)N(CCC)C(C)=C3C(=O)OC(C)C)c2)cc1. The van der Waals surface area contributed by atoms with Crippen LogP contribution in [0.1, 0.15) is 75.8 Å². The molecule has 1 aliphatic rings. The Morgan fingerprint density at radius 2 is 1.81 bits per heavy atom. The van der Waals surface area contributed by atoms with Gasteiger partial charge in [-0.2, -0.15) is 0 Å². The maximum atomic E-state index is 13.1. The maximum Gasteiger partial charge on any atom is 0.338 e. The molecule has 0 saturated heterocycles. The van der Waals surface area contributed by atoms with Crippen molar-refractivity contribution in [1.29, 1.82) is 0 Å². The van der Waals surface area contributed by atoms with Gasteiger partial charge < -0.3 is 20.1 Å². The van der Waals surface area contributed by atoms with Crippen LogP contribution in [-0.2, 0) is 9.53 Å². The molecule has 8 heteroatoms. The minimum Gasteiger partial charge on any atom is -0.494 e. The molecule has 0 spiro atoms. The number of ether oxygens (including phenoxy) is 2. The lowest BCUT2D eigenvalue weighted by molar-refractivity contribution is -0.143. The third kappa shape index (κ3) is 7.12. The number of amides is 3. The molecule has 198 valence electrons. The van der Waals surface area contributed by atoms with E-state index in [4.69, 9.17) is 9.47 Å². The molecular formula is C29H37N3O5. The minimum absolute atomic E-state index is 0.273. The number of allylic oxidation sites excluding steroid dienone is 1. The Bertz CT molecular complexity index is 1140. The number of anilines is 1. The Labute approximate surface area is 219 Å². The first-order valence-corrected chi connectivity index (χ1v) is 12.9. The number of urea groups is 1. The Hall–Kier alpha value is -3.81. The van der Waals surface area contributed by atoms with Crippen molar-refractivity contribution >= 4 is 23.6 Å². The number of hydrogen-bond donors (Lipinski definition) is 2. The lowest BCUT2D eigenvalue weighted by Gasteiger charge is -2.35. The van der Waals surface area contributed by atoms with Crippen molar-refractivity contribution in [2.45, 2.75) is 66.0 Å². The Kier molecular flexibility index (Phi) is 9.71. The lowest BCUT2D eigenvalue weighted by Crippen LogP contribution is -2.48. The molecule has 0 aromatic heterocycles. The van der Waals surface area contributed by atoms with Gasteiger partial charge in [0.2, 0.25) is 0 Å². The van der Waals surface area contributed by atoms with E-state index in [0.717, 1.165) is 25.0 Å². The summed E-state index contributed by atoms with van der Waals surface area (Å²) in [6.07, 6.45) is 2.47. The number of carbonyl (C=O) groups excluding carboxylic acids is 3. The Morgan fingerprint density at radius 3 is 2.46 bits per heavy atom. The van der Waals surface area contributed by atoms with Gasteiger partial charge in [-0.1, -0.05) is 32.4 Å². The quantitative estimate of drug-likeness (QED) is 0.295. The highest BCUT2D eigenvalue weighted by molar-refractivity contribution is 6.04. The molecule has 0 radical (unpaired) electrons. The van der Waals surface area contributed by atoms with Gasteiger partial charge in [-0.25, -0.2) is 9.59 Å². The van der Waals surface area contributed by atoms with Gasteiger partial charge in [-0.15, -0.1) is 0 Å². The van der Waals surface area contributed by atoms with E-state index in [2.05, 4.69) is 17.6 Å². The summed E-state index contributed by atoms with van der Waals surface area (Å²) >= 11 is 0. The third-order valence-electron chi connectivity index (χ3n) is 5.97. The summed E-state index contributed by atoms with van der Waals surface area (Å²) in [6.45, 7) is 10.5. The average molecular weight is 508 g/mol. The summed E-state index contributed by atoms with van der Waals surface area (Å²) in [4.78, 5) is 40.4. The summed E-state index contributed by atoms with van der Waals surface area (Å²) in [6, 6.07) is 13.1. The third-order valence-corrected chi connectivity index (χ3v) is 5.97. The van der Waals surface area contributed by atoms with Crippen LogP contribution in [0.2, 0.25) is 0 Å². The van der Waals surface area contributed by atoms with Gasteiger partial charge in [0.25, 0.3) is 5.91 Å². The number of carbonyl (C=O) groups is 3. The van der Waals surface area contributed by atoms with Crippen LogP contribution in [0.3, 0.4) is 0 Å². The number of unbranched alkanes of at least 4 members (excludes halogenated alkanes) is 1. The zero-order chi connectivity index (χ0) is 26.9. The lowest BCUT2D eigenvalue weighted by atomic mass is 9.94. The molecule has 3 rings (SSSR count). The highest BCUT2D eigenvalue weighted by Gasteiger charge is 2.36. The van der Waals surface area contributed by atoms with Crippen LogP contribution in [-0.4, -0.2) is 42.1 Å². The fraction of sp³-hybridized carbons (Fsp3) is 0.414. The predicted molar refractivity (Wildman–Crippen MR) is 143 cm³/mol. The number of nitrogens with zero attached hydrogens (tertiary/aromatic N) is 1. The summed E-state index contributed by atoms with van der Waals surface area (Å²) in [5.41, 5.74) is 2.65. The highest BCUT2D eigenvalue weighted by atomic mass is 16.5.